The molecule has 0 saturated heterocycles. The fourth-order valence-corrected chi connectivity index (χ4v) is 2.26. The first-order valence-corrected chi connectivity index (χ1v) is 6.46. The van der Waals surface area contributed by atoms with Crippen LogP contribution in [0, 0.1) is 13.8 Å². The predicted octanol–water partition coefficient (Wildman–Crippen LogP) is 1.37. The second-order valence-corrected chi connectivity index (χ2v) is 5.05. The standard InChI is InChI=1S/C14H16N4O2/c1-8-4-10-6-12(20-11(10)5-9(8)2)13(19)17-14-15-7-16-18(14)3/h4-5,7,12H,6H2,1-3H3,(H,15,16,17,19). The van der Waals surface area contributed by atoms with Gasteiger partial charge in [-0.05, 0) is 36.6 Å². The molecule has 0 bridgehead atoms. The lowest BCUT2D eigenvalue weighted by Crippen LogP contribution is -2.32. The third-order valence-corrected chi connectivity index (χ3v) is 3.59. The third kappa shape index (κ3) is 2.13. The van der Waals surface area contributed by atoms with Crippen LogP contribution in [0.4, 0.5) is 5.95 Å². The molecule has 104 valence electrons. The van der Waals surface area contributed by atoms with Crippen molar-refractivity contribution >= 4 is 11.9 Å². The van der Waals surface area contributed by atoms with Gasteiger partial charge in [0.2, 0.25) is 5.95 Å². The Labute approximate surface area is 116 Å². The highest BCUT2D eigenvalue weighted by Crippen LogP contribution is 2.31. The van der Waals surface area contributed by atoms with Gasteiger partial charge in [-0.2, -0.15) is 10.1 Å². The molecule has 2 aromatic rings. The van der Waals surface area contributed by atoms with E-state index in [4.69, 9.17) is 4.74 Å². The number of ether oxygens (including phenoxy) is 1. The van der Waals surface area contributed by atoms with Crippen LogP contribution in [-0.2, 0) is 18.3 Å². The summed E-state index contributed by atoms with van der Waals surface area (Å²) in [7, 11) is 1.72. The second kappa shape index (κ2) is 4.63. The maximum atomic E-state index is 12.2. The maximum absolute atomic E-state index is 12.2. The van der Waals surface area contributed by atoms with E-state index >= 15 is 0 Å². The average molecular weight is 272 g/mol. The van der Waals surface area contributed by atoms with Gasteiger partial charge < -0.3 is 4.74 Å². The molecule has 1 N–H and O–H groups in total. The third-order valence-electron chi connectivity index (χ3n) is 3.59. The van der Waals surface area contributed by atoms with E-state index in [0.717, 1.165) is 16.9 Å². The summed E-state index contributed by atoms with van der Waals surface area (Å²) < 4.78 is 7.23. The number of nitrogens with zero attached hydrogens (tertiary/aromatic N) is 3. The molecule has 1 aromatic heterocycles. The lowest BCUT2D eigenvalue weighted by molar-refractivity contribution is -0.122. The molecule has 0 aliphatic carbocycles. The van der Waals surface area contributed by atoms with Gasteiger partial charge in [-0.25, -0.2) is 4.68 Å². The first-order chi connectivity index (χ1) is 9.54. The highest BCUT2D eigenvalue weighted by atomic mass is 16.5. The van der Waals surface area contributed by atoms with E-state index in [1.807, 2.05) is 13.0 Å². The van der Waals surface area contributed by atoms with Crippen LogP contribution in [0.2, 0.25) is 0 Å². The zero-order valence-corrected chi connectivity index (χ0v) is 11.7. The number of anilines is 1. The molecule has 0 spiro atoms. The highest BCUT2D eigenvalue weighted by molar-refractivity contribution is 5.93. The number of amides is 1. The van der Waals surface area contributed by atoms with Crippen LogP contribution >= 0.6 is 0 Å². The molecule has 3 rings (SSSR count). The van der Waals surface area contributed by atoms with Gasteiger partial charge in [-0.3, -0.25) is 10.1 Å². The Balaban J connectivity index is 1.75. The molecule has 1 unspecified atom stereocenters. The number of carbonyl (C=O) groups excluding carboxylic acids is 1. The minimum Gasteiger partial charge on any atom is -0.480 e. The van der Waals surface area contributed by atoms with E-state index in [2.05, 4.69) is 28.4 Å². The molecule has 2 heterocycles. The van der Waals surface area contributed by atoms with Crippen molar-refractivity contribution in [3.63, 3.8) is 0 Å². The summed E-state index contributed by atoms with van der Waals surface area (Å²) in [5, 5.41) is 6.63. The van der Waals surface area contributed by atoms with E-state index < -0.39 is 6.10 Å². The number of hydrogen-bond donors (Lipinski definition) is 1. The molecule has 0 saturated carbocycles. The smallest absolute Gasteiger partial charge is 0.268 e. The molecular formula is C14H16N4O2. The normalized spacial score (nSPS) is 16.6. The summed E-state index contributed by atoms with van der Waals surface area (Å²) in [6, 6.07) is 4.07. The molecule has 6 heteroatoms. The van der Waals surface area contributed by atoms with Gasteiger partial charge in [0, 0.05) is 13.5 Å². The van der Waals surface area contributed by atoms with Gasteiger partial charge in [-0.15, -0.1) is 0 Å². The molecule has 1 aromatic carbocycles. The van der Waals surface area contributed by atoms with Crippen LogP contribution < -0.4 is 10.1 Å². The van der Waals surface area contributed by atoms with Gasteiger partial charge in [0.15, 0.2) is 6.10 Å². The van der Waals surface area contributed by atoms with Crippen LogP contribution in [0.1, 0.15) is 16.7 Å². The Morgan fingerprint density at radius 2 is 2.15 bits per heavy atom. The van der Waals surface area contributed by atoms with Gasteiger partial charge in [0.05, 0.1) is 0 Å². The van der Waals surface area contributed by atoms with Crippen molar-refractivity contribution < 1.29 is 9.53 Å². The molecule has 1 aliphatic rings. The summed E-state index contributed by atoms with van der Waals surface area (Å²) >= 11 is 0. The predicted molar refractivity (Wildman–Crippen MR) is 73.7 cm³/mol. The second-order valence-electron chi connectivity index (χ2n) is 5.05. The van der Waals surface area contributed by atoms with Crippen LogP contribution in [-0.4, -0.2) is 26.8 Å². The number of aromatic nitrogens is 3. The quantitative estimate of drug-likeness (QED) is 0.896. The summed E-state index contributed by atoms with van der Waals surface area (Å²) in [5.74, 6) is 1.01. The van der Waals surface area contributed by atoms with E-state index in [1.165, 1.54) is 16.6 Å². The fourth-order valence-electron chi connectivity index (χ4n) is 2.26. The topological polar surface area (TPSA) is 69.0 Å². The number of rotatable bonds is 2. The van der Waals surface area contributed by atoms with Gasteiger partial charge in [0.1, 0.15) is 12.1 Å². The molecule has 1 aliphatic heterocycles. The van der Waals surface area contributed by atoms with Crippen LogP contribution in [0.3, 0.4) is 0 Å². The van der Waals surface area contributed by atoms with Crippen LogP contribution in [0.15, 0.2) is 18.5 Å². The van der Waals surface area contributed by atoms with Crippen molar-refractivity contribution in [1.29, 1.82) is 0 Å². The van der Waals surface area contributed by atoms with Crippen molar-refractivity contribution in [2.24, 2.45) is 7.05 Å². The van der Waals surface area contributed by atoms with Crippen molar-refractivity contribution in [1.82, 2.24) is 14.8 Å². The number of benzene rings is 1. The number of nitrogens with one attached hydrogen (secondary N) is 1. The molecular weight excluding hydrogens is 256 g/mol. The lowest BCUT2D eigenvalue weighted by Gasteiger charge is -2.10. The minimum atomic E-state index is -0.511. The van der Waals surface area contributed by atoms with Crippen molar-refractivity contribution in [2.75, 3.05) is 5.32 Å². The maximum Gasteiger partial charge on any atom is 0.268 e. The monoisotopic (exact) mass is 272 g/mol. The number of fused-ring (bicyclic) bond motifs is 1. The Morgan fingerprint density at radius 3 is 2.85 bits per heavy atom. The molecule has 6 nitrogen and oxygen atoms in total. The molecule has 20 heavy (non-hydrogen) atoms. The van der Waals surface area contributed by atoms with Gasteiger partial charge in [-0.1, -0.05) is 6.07 Å². The summed E-state index contributed by atoms with van der Waals surface area (Å²) in [5.41, 5.74) is 3.45. The SMILES string of the molecule is Cc1cc2c(cc1C)OC(C(=O)Nc1ncnn1C)C2. The van der Waals surface area contributed by atoms with E-state index in [1.54, 1.807) is 7.05 Å². The molecule has 1 amide bonds. The molecule has 0 fully saturated rings. The molecule has 0 radical (unpaired) electrons. The highest BCUT2D eigenvalue weighted by Gasteiger charge is 2.30. The largest absolute Gasteiger partial charge is 0.480 e. The molecule has 1 atom stereocenters. The Kier molecular flexibility index (Phi) is 2.93. The zero-order valence-electron chi connectivity index (χ0n) is 11.7. The fraction of sp³-hybridized carbons (Fsp3) is 0.357. The van der Waals surface area contributed by atoms with Crippen molar-refractivity contribution in [2.45, 2.75) is 26.4 Å². The van der Waals surface area contributed by atoms with E-state index in [0.29, 0.717) is 12.4 Å². The first kappa shape index (κ1) is 12.7. The summed E-state index contributed by atoms with van der Waals surface area (Å²) in [6.07, 6.45) is 1.47. The number of carbonyl (C=O) groups is 1. The Morgan fingerprint density at radius 1 is 1.40 bits per heavy atom. The van der Waals surface area contributed by atoms with Crippen LogP contribution in [0.5, 0.6) is 5.75 Å². The van der Waals surface area contributed by atoms with E-state index in [-0.39, 0.29) is 5.91 Å². The number of hydrogen-bond acceptors (Lipinski definition) is 4. The van der Waals surface area contributed by atoms with Crippen molar-refractivity contribution in [3.8, 4) is 5.75 Å². The van der Waals surface area contributed by atoms with Gasteiger partial charge >= 0.3 is 0 Å². The zero-order chi connectivity index (χ0) is 14.3. The van der Waals surface area contributed by atoms with Gasteiger partial charge in [0.25, 0.3) is 5.91 Å². The average Bonchev–Trinajstić information content (AvgIpc) is 2.97. The summed E-state index contributed by atoms with van der Waals surface area (Å²) in [4.78, 5) is 16.2. The van der Waals surface area contributed by atoms with Crippen molar-refractivity contribution in [3.05, 3.63) is 35.2 Å². The lowest BCUT2D eigenvalue weighted by atomic mass is 10.0. The van der Waals surface area contributed by atoms with Crippen LogP contribution in [0.25, 0.3) is 0 Å². The Hall–Kier alpha value is -2.37. The minimum absolute atomic E-state index is 0.201. The first-order valence-electron chi connectivity index (χ1n) is 6.46. The van der Waals surface area contributed by atoms with E-state index in [9.17, 15) is 4.79 Å². The summed E-state index contributed by atoms with van der Waals surface area (Å²) in [6.45, 7) is 4.09. The number of aryl methyl sites for hydroxylation is 3. The Bertz CT molecular complexity index is 647.